The molecule has 1 aliphatic rings. The van der Waals surface area contributed by atoms with Gasteiger partial charge in [0.15, 0.2) is 0 Å². The third kappa shape index (κ3) is 2.64. The minimum atomic E-state index is 0.147. The predicted molar refractivity (Wildman–Crippen MR) is 70.4 cm³/mol. The Balaban J connectivity index is 2.11. The maximum absolute atomic E-state index is 11.3. The van der Waals surface area contributed by atoms with Gasteiger partial charge in [-0.05, 0) is 6.92 Å². The van der Waals surface area contributed by atoms with Crippen molar-refractivity contribution >= 4 is 11.7 Å². The summed E-state index contributed by atoms with van der Waals surface area (Å²) in [6, 6.07) is 0. The van der Waals surface area contributed by atoms with Crippen molar-refractivity contribution < 1.29 is 4.79 Å². The molecule has 1 saturated heterocycles. The van der Waals surface area contributed by atoms with Crippen molar-refractivity contribution in [1.29, 1.82) is 0 Å². The van der Waals surface area contributed by atoms with E-state index in [1.807, 2.05) is 25.7 Å². The SMILES string of the molecule is CNc1c(CN2CCNC(=O)CC2)c(C)nn1C. The van der Waals surface area contributed by atoms with Crippen molar-refractivity contribution in [2.24, 2.45) is 7.05 Å². The number of rotatable bonds is 3. The van der Waals surface area contributed by atoms with E-state index in [4.69, 9.17) is 0 Å². The first kappa shape index (κ1) is 12.9. The number of aromatic nitrogens is 2. The number of anilines is 1. The molecule has 0 aliphatic carbocycles. The van der Waals surface area contributed by atoms with Gasteiger partial charge in [-0.15, -0.1) is 0 Å². The summed E-state index contributed by atoms with van der Waals surface area (Å²) in [5, 5.41) is 10.5. The highest BCUT2D eigenvalue weighted by molar-refractivity contribution is 5.76. The first-order valence-electron chi connectivity index (χ1n) is 6.31. The summed E-state index contributed by atoms with van der Waals surface area (Å²) in [5.74, 6) is 1.20. The number of carbonyl (C=O) groups is 1. The van der Waals surface area contributed by atoms with Gasteiger partial charge in [0, 0.05) is 52.3 Å². The molecule has 2 rings (SSSR count). The minimum absolute atomic E-state index is 0.147. The standard InChI is InChI=1S/C12H21N5O/c1-9-10(12(13-2)16(3)15-9)8-17-6-4-11(18)14-5-7-17/h13H,4-8H2,1-3H3,(H,14,18). The zero-order chi connectivity index (χ0) is 13.1. The average molecular weight is 251 g/mol. The summed E-state index contributed by atoms with van der Waals surface area (Å²) in [7, 11) is 3.85. The zero-order valence-corrected chi connectivity index (χ0v) is 11.3. The molecule has 2 heterocycles. The fourth-order valence-corrected chi connectivity index (χ4v) is 2.40. The van der Waals surface area contributed by atoms with Gasteiger partial charge in [0.05, 0.1) is 5.69 Å². The smallest absolute Gasteiger partial charge is 0.221 e. The number of amides is 1. The molecule has 0 radical (unpaired) electrons. The first-order chi connectivity index (χ1) is 8.61. The molecule has 6 nitrogen and oxygen atoms in total. The number of hydrogen-bond acceptors (Lipinski definition) is 4. The summed E-state index contributed by atoms with van der Waals surface area (Å²) >= 11 is 0. The molecule has 0 spiro atoms. The van der Waals surface area contributed by atoms with Gasteiger partial charge in [-0.2, -0.15) is 5.10 Å². The van der Waals surface area contributed by atoms with E-state index in [1.54, 1.807) is 0 Å². The molecule has 6 heteroatoms. The fourth-order valence-electron chi connectivity index (χ4n) is 2.40. The van der Waals surface area contributed by atoms with Crippen molar-refractivity contribution in [2.45, 2.75) is 19.9 Å². The Morgan fingerprint density at radius 1 is 1.44 bits per heavy atom. The van der Waals surface area contributed by atoms with E-state index in [-0.39, 0.29) is 5.91 Å². The summed E-state index contributed by atoms with van der Waals surface area (Å²) < 4.78 is 1.87. The molecule has 0 saturated carbocycles. The quantitative estimate of drug-likeness (QED) is 0.799. The summed E-state index contributed by atoms with van der Waals surface area (Å²) in [5.41, 5.74) is 2.26. The monoisotopic (exact) mass is 251 g/mol. The van der Waals surface area contributed by atoms with E-state index < -0.39 is 0 Å². The van der Waals surface area contributed by atoms with Gasteiger partial charge in [0.2, 0.25) is 5.91 Å². The Bertz CT molecular complexity index is 440. The molecular weight excluding hydrogens is 230 g/mol. The number of aryl methyl sites for hydroxylation is 2. The van der Waals surface area contributed by atoms with Crippen LogP contribution in [0.4, 0.5) is 5.82 Å². The zero-order valence-electron chi connectivity index (χ0n) is 11.3. The molecule has 18 heavy (non-hydrogen) atoms. The lowest BCUT2D eigenvalue weighted by Gasteiger charge is -2.19. The van der Waals surface area contributed by atoms with Gasteiger partial charge < -0.3 is 10.6 Å². The molecule has 2 N–H and O–H groups in total. The van der Waals surface area contributed by atoms with Crippen molar-refractivity contribution in [3.8, 4) is 0 Å². The number of nitrogens with one attached hydrogen (secondary N) is 2. The molecular formula is C12H21N5O. The molecule has 0 unspecified atom stereocenters. The van der Waals surface area contributed by atoms with Crippen molar-refractivity contribution in [1.82, 2.24) is 20.0 Å². The third-order valence-electron chi connectivity index (χ3n) is 3.37. The van der Waals surface area contributed by atoms with Gasteiger partial charge in [-0.3, -0.25) is 14.4 Å². The topological polar surface area (TPSA) is 62.2 Å². The van der Waals surface area contributed by atoms with Gasteiger partial charge >= 0.3 is 0 Å². The summed E-state index contributed by atoms with van der Waals surface area (Å²) in [6.07, 6.45) is 0.578. The summed E-state index contributed by atoms with van der Waals surface area (Å²) in [4.78, 5) is 13.6. The number of carbonyl (C=O) groups excluding carboxylic acids is 1. The average Bonchev–Trinajstić information content (AvgIpc) is 2.50. The van der Waals surface area contributed by atoms with Crippen LogP contribution in [-0.2, 0) is 18.4 Å². The van der Waals surface area contributed by atoms with Crippen molar-refractivity contribution in [3.63, 3.8) is 0 Å². The minimum Gasteiger partial charge on any atom is -0.373 e. The Hall–Kier alpha value is -1.56. The number of nitrogens with zero attached hydrogens (tertiary/aromatic N) is 3. The van der Waals surface area contributed by atoms with Crippen LogP contribution in [0.1, 0.15) is 17.7 Å². The van der Waals surface area contributed by atoms with Crippen LogP contribution in [0.3, 0.4) is 0 Å². The lowest BCUT2D eigenvalue weighted by atomic mass is 10.2. The second kappa shape index (κ2) is 5.39. The molecule has 1 aromatic heterocycles. The molecule has 0 bridgehead atoms. The molecule has 1 aliphatic heterocycles. The maximum Gasteiger partial charge on any atom is 0.221 e. The highest BCUT2D eigenvalue weighted by Crippen LogP contribution is 2.20. The fraction of sp³-hybridized carbons (Fsp3) is 0.667. The lowest BCUT2D eigenvalue weighted by Crippen LogP contribution is -2.28. The first-order valence-corrected chi connectivity index (χ1v) is 6.31. The molecule has 100 valence electrons. The van der Waals surface area contributed by atoms with E-state index in [1.165, 1.54) is 5.56 Å². The van der Waals surface area contributed by atoms with Crippen LogP contribution in [0.2, 0.25) is 0 Å². The Morgan fingerprint density at radius 3 is 2.94 bits per heavy atom. The predicted octanol–water partition coefficient (Wildman–Crippen LogP) is 0.0921. The largest absolute Gasteiger partial charge is 0.373 e. The van der Waals surface area contributed by atoms with Gasteiger partial charge in [0.25, 0.3) is 0 Å². The third-order valence-corrected chi connectivity index (χ3v) is 3.37. The van der Waals surface area contributed by atoms with E-state index in [2.05, 4.69) is 20.6 Å². The molecule has 0 atom stereocenters. The van der Waals surface area contributed by atoms with Crippen molar-refractivity contribution in [3.05, 3.63) is 11.3 Å². The van der Waals surface area contributed by atoms with Crippen LogP contribution >= 0.6 is 0 Å². The van der Waals surface area contributed by atoms with E-state index in [0.29, 0.717) is 6.42 Å². The highest BCUT2D eigenvalue weighted by Gasteiger charge is 2.18. The normalized spacial score (nSPS) is 17.4. The van der Waals surface area contributed by atoms with E-state index >= 15 is 0 Å². The molecule has 1 amide bonds. The molecule has 1 fully saturated rings. The van der Waals surface area contributed by atoms with E-state index in [9.17, 15) is 4.79 Å². The lowest BCUT2D eigenvalue weighted by molar-refractivity contribution is -0.120. The van der Waals surface area contributed by atoms with E-state index in [0.717, 1.165) is 37.7 Å². The molecule has 1 aromatic rings. The van der Waals surface area contributed by atoms with Gasteiger partial charge in [-0.25, -0.2) is 0 Å². The Kier molecular flexibility index (Phi) is 3.86. The van der Waals surface area contributed by atoms with Crippen LogP contribution in [0.5, 0.6) is 0 Å². The van der Waals surface area contributed by atoms with Crippen LogP contribution in [0.15, 0.2) is 0 Å². The Labute approximate surface area is 107 Å². The highest BCUT2D eigenvalue weighted by atomic mass is 16.1. The van der Waals surface area contributed by atoms with Crippen LogP contribution < -0.4 is 10.6 Å². The van der Waals surface area contributed by atoms with Crippen molar-refractivity contribution in [2.75, 3.05) is 32.0 Å². The van der Waals surface area contributed by atoms with Crippen LogP contribution in [-0.4, -0.2) is 47.3 Å². The summed E-state index contributed by atoms with van der Waals surface area (Å²) in [6.45, 7) is 5.29. The molecule has 0 aromatic carbocycles. The van der Waals surface area contributed by atoms with Gasteiger partial charge in [0.1, 0.15) is 5.82 Å². The maximum atomic E-state index is 11.3. The van der Waals surface area contributed by atoms with Crippen LogP contribution in [0.25, 0.3) is 0 Å². The van der Waals surface area contributed by atoms with Crippen LogP contribution in [0, 0.1) is 6.92 Å². The van der Waals surface area contributed by atoms with Gasteiger partial charge in [-0.1, -0.05) is 0 Å². The second-order valence-corrected chi connectivity index (χ2v) is 4.66. The Morgan fingerprint density at radius 2 is 2.22 bits per heavy atom. The second-order valence-electron chi connectivity index (χ2n) is 4.66. The number of hydrogen-bond donors (Lipinski definition) is 2.